The number of hydrogen-bond donors (Lipinski definition) is 2. The standard InChI is InChI=1S/C9H13N5/c1-2-4-14-5-3-6-7(14)8(10)13-9(11)12-6/h3,5H,2,4H2,1H3,(H4,10,11,12,13). The number of aromatic nitrogens is 3. The van der Waals surface area contributed by atoms with E-state index in [0.29, 0.717) is 5.82 Å². The van der Waals surface area contributed by atoms with Gasteiger partial charge in [-0.25, -0.2) is 4.98 Å². The predicted octanol–water partition coefficient (Wildman–Crippen LogP) is 1.01. The van der Waals surface area contributed by atoms with Gasteiger partial charge in [-0.05, 0) is 12.5 Å². The van der Waals surface area contributed by atoms with E-state index in [9.17, 15) is 0 Å². The maximum absolute atomic E-state index is 5.78. The van der Waals surface area contributed by atoms with Crippen molar-refractivity contribution in [1.29, 1.82) is 0 Å². The van der Waals surface area contributed by atoms with Gasteiger partial charge in [0.05, 0.1) is 5.52 Å². The fraction of sp³-hybridized carbons (Fsp3) is 0.333. The SMILES string of the molecule is CCCn1ccc2nc(N)nc(N)c21. The lowest BCUT2D eigenvalue weighted by atomic mass is 10.4. The molecule has 0 atom stereocenters. The van der Waals surface area contributed by atoms with Crippen molar-refractivity contribution in [3.63, 3.8) is 0 Å². The Morgan fingerprint density at radius 1 is 1.36 bits per heavy atom. The molecule has 2 rings (SSSR count). The molecule has 0 bridgehead atoms. The van der Waals surface area contributed by atoms with Crippen LogP contribution in [0.3, 0.4) is 0 Å². The second kappa shape index (κ2) is 3.17. The summed E-state index contributed by atoms with van der Waals surface area (Å²) in [4.78, 5) is 8.05. The van der Waals surface area contributed by atoms with Crippen molar-refractivity contribution in [3.05, 3.63) is 12.3 Å². The molecule has 0 spiro atoms. The van der Waals surface area contributed by atoms with Crippen molar-refractivity contribution in [2.75, 3.05) is 11.5 Å². The maximum Gasteiger partial charge on any atom is 0.222 e. The fourth-order valence-corrected chi connectivity index (χ4v) is 1.58. The molecular formula is C9H13N5. The zero-order chi connectivity index (χ0) is 10.1. The summed E-state index contributed by atoms with van der Waals surface area (Å²) < 4.78 is 2.05. The molecular weight excluding hydrogens is 178 g/mol. The first-order chi connectivity index (χ1) is 6.72. The molecule has 0 aliphatic heterocycles. The minimum Gasteiger partial charge on any atom is -0.382 e. The highest BCUT2D eigenvalue weighted by Crippen LogP contribution is 2.19. The highest BCUT2D eigenvalue weighted by Gasteiger charge is 2.07. The van der Waals surface area contributed by atoms with Crippen molar-refractivity contribution in [2.45, 2.75) is 19.9 Å². The fourth-order valence-electron chi connectivity index (χ4n) is 1.58. The van der Waals surface area contributed by atoms with Crippen LogP contribution in [0.5, 0.6) is 0 Å². The Morgan fingerprint density at radius 2 is 2.14 bits per heavy atom. The smallest absolute Gasteiger partial charge is 0.222 e. The molecule has 0 aromatic carbocycles. The summed E-state index contributed by atoms with van der Waals surface area (Å²) in [6.07, 6.45) is 3.01. The monoisotopic (exact) mass is 191 g/mol. The number of hydrogen-bond acceptors (Lipinski definition) is 4. The third-order valence-electron chi connectivity index (χ3n) is 2.12. The highest BCUT2D eigenvalue weighted by atomic mass is 15.1. The van der Waals surface area contributed by atoms with Gasteiger partial charge in [0.15, 0.2) is 5.82 Å². The molecule has 0 aliphatic rings. The lowest BCUT2D eigenvalue weighted by Crippen LogP contribution is -2.03. The molecule has 5 heteroatoms. The molecule has 14 heavy (non-hydrogen) atoms. The molecule has 2 aromatic heterocycles. The van der Waals surface area contributed by atoms with E-state index in [1.807, 2.05) is 16.8 Å². The van der Waals surface area contributed by atoms with E-state index >= 15 is 0 Å². The quantitative estimate of drug-likeness (QED) is 0.742. The summed E-state index contributed by atoms with van der Waals surface area (Å²) in [6.45, 7) is 3.03. The van der Waals surface area contributed by atoms with Crippen LogP contribution in [0.15, 0.2) is 12.3 Å². The molecule has 0 saturated carbocycles. The molecule has 0 fully saturated rings. The van der Waals surface area contributed by atoms with Crippen LogP contribution in [-0.2, 0) is 6.54 Å². The van der Waals surface area contributed by atoms with E-state index in [-0.39, 0.29) is 5.95 Å². The number of rotatable bonds is 2. The van der Waals surface area contributed by atoms with Crippen LogP contribution in [0.1, 0.15) is 13.3 Å². The second-order valence-electron chi connectivity index (χ2n) is 3.21. The van der Waals surface area contributed by atoms with Crippen LogP contribution in [0.2, 0.25) is 0 Å². The van der Waals surface area contributed by atoms with Gasteiger partial charge in [-0.3, -0.25) is 0 Å². The largest absolute Gasteiger partial charge is 0.382 e. The average molecular weight is 191 g/mol. The number of nitrogens with two attached hydrogens (primary N) is 2. The molecule has 0 unspecified atom stereocenters. The summed E-state index contributed by atoms with van der Waals surface area (Å²) in [7, 11) is 0. The van der Waals surface area contributed by atoms with Crippen LogP contribution in [0.4, 0.5) is 11.8 Å². The predicted molar refractivity (Wildman–Crippen MR) is 56.6 cm³/mol. The van der Waals surface area contributed by atoms with Gasteiger partial charge in [0, 0.05) is 12.7 Å². The lowest BCUT2D eigenvalue weighted by molar-refractivity contribution is 0.703. The van der Waals surface area contributed by atoms with E-state index in [0.717, 1.165) is 24.0 Å². The first kappa shape index (κ1) is 8.80. The van der Waals surface area contributed by atoms with Crippen LogP contribution < -0.4 is 11.5 Å². The normalized spacial score (nSPS) is 10.9. The van der Waals surface area contributed by atoms with Crippen LogP contribution >= 0.6 is 0 Å². The third kappa shape index (κ3) is 1.26. The summed E-state index contributed by atoms with van der Waals surface area (Å²) in [5.41, 5.74) is 13.0. The van der Waals surface area contributed by atoms with Crippen molar-refractivity contribution in [2.24, 2.45) is 0 Å². The maximum atomic E-state index is 5.78. The molecule has 0 aliphatic carbocycles. The number of fused-ring (bicyclic) bond motifs is 1. The molecule has 0 amide bonds. The van der Waals surface area contributed by atoms with Crippen LogP contribution in [0.25, 0.3) is 11.0 Å². The molecule has 4 N–H and O–H groups in total. The molecule has 2 aromatic rings. The van der Waals surface area contributed by atoms with Crippen molar-refractivity contribution in [3.8, 4) is 0 Å². The van der Waals surface area contributed by atoms with Crippen molar-refractivity contribution < 1.29 is 0 Å². The number of aryl methyl sites for hydroxylation is 1. The number of nitrogen functional groups attached to an aromatic ring is 2. The first-order valence-electron chi connectivity index (χ1n) is 4.60. The Morgan fingerprint density at radius 3 is 2.86 bits per heavy atom. The molecule has 74 valence electrons. The first-order valence-corrected chi connectivity index (χ1v) is 4.60. The molecule has 5 nitrogen and oxygen atoms in total. The Bertz CT molecular complexity index is 459. The minimum absolute atomic E-state index is 0.226. The van der Waals surface area contributed by atoms with E-state index in [1.165, 1.54) is 0 Å². The van der Waals surface area contributed by atoms with Gasteiger partial charge in [-0.2, -0.15) is 4.98 Å². The number of anilines is 2. The van der Waals surface area contributed by atoms with Gasteiger partial charge in [-0.1, -0.05) is 6.92 Å². The van der Waals surface area contributed by atoms with E-state index in [1.54, 1.807) is 0 Å². The van der Waals surface area contributed by atoms with Crippen molar-refractivity contribution in [1.82, 2.24) is 14.5 Å². The van der Waals surface area contributed by atoms with Gasteiger partial charge in [-0.15, -0.1) is 0 Å². The molecule has 0 saturated heterocycles. The second-order valence-corrected chi connectivity index (χ2v) is 3.21. The van der Waals surface area contributed by atoms with Crippen LogP contribution in [-0.4, -0.2) is 14.5 Å². The van der Waals surface area contributed by atoms with Gasteiger partial charge >= 0.3 is 0 Å². The summed E-state index contributed by atoms with van der Waals surface area (Å²) in [5, 5.41) is 0. The Balaban J connectivity index is 2.66. The topological polar surface area (TPSA) is 82.8 Å². The van der Waals surface area contributed by atoms with Gasteiger partial charge in [0.1, 0.15) is 5.52 Å². The van der Waals surface area contributed by atoms with Gasteiger partial charge < -0.3 is 16.0 Å². The zero-order valence-corrected chi connectivity index (χ0v) is 8.07. The Labute approximate surface area is 81.7 Å². The Hall–Kier alpha value is -1.78. The highest BCUT2D eigenvalue weighted by molar-refractivity contribution is 5.86. The van der Waals surface area contributed by atoms with Gasteiger partial charge in [0.2, 0.25) is 5.95 Å². The van der Waals surface area contributed by atoms with Gasteiger partial charge in [0.25, 0.3) is 0 Å². The summed E-state index contributed by atoms with van der Waals surface area (Å²) in [6, 6.07) is 1.90. The van der Waals surface area contributed by atoms with E-state index < -0.39 is 0 Å². The van der Waals surface area contributed by atoms with Crippen LogP contribution in [0, 0.1) is 0 Å². The van der Waals surface area contributed by atoms with E-state index in [2.05, 4.69) is 16.9 Å². The molecule has 0 radical (unpaired) electrons. The third-order valence-corrected chi connectivity index (χ3v) is 2.12. The summed E-state index contributed by atoms with van der Waals surface area (Å²) >= 11 is 0. The molecule has 2 heterocycles. The van der Waals surface area contributed by atoms with E-state index in [4.69, 9.17) is 11.5 Å². The average Bonchev–Trinajstić information content (AvgIpc) is 2.49. The number of nitrogens with zero attached hydrogens (tertiary/aromatic N) is 3. The summed E-state index contributed by atoms with van der Waals surface area (Å²) in [5.74, 6) is 0.676. The Kier molecular flexibility index (Phi) is 1.99. The zero-order valence-electron chi connectivity index (χ0n) is 8.07. The lowest BCUT2D eigenvalue weighted by Gasteiger charge is -2.04. The van der Waals surface area contributed by atoms with Crippen molar-refractivity contribution >= 4 is 22.8 Å². The minimum atomic E-state index is 0.226.